The van der Waals surface area contributed by atoms with Gasteiger partial charge < -0.3 is 5.11 Å². The van der Waals surface area contributed by atoms with E-state index in [0.29, 0.717) is 18.3 Å². The van der Waals surface area contributed by atoms with E-state index in [1.807, 2.05) is 0 Å². The quantitative estimate of drug-likeness (QED) is 0.663. The lowest BCUT2D eigenvalue weighted by Crippen LogP contribution is -2.44. The van der Waals surface area contributed by atoms with Gasteiger partial charge in [0.25, 0.3) is 0 Å². The number of hydrogen-bond donors (Lipinski definition) is 1. The van der Waals surface area contributed by atoms with Crippen molar-refractivity contribution in [3.8, 4) is 0 Å². The Kier molecular flexibility index (Phi) is 2.50. The van der Waals surface area contributed by atoms with Gasteiger partial charge in [0.05, 0.1) is 6.10 Å². The maximum atomic E-state index is 11.5. The van der Waals surface area contributed by atoms with Crippen molar-refractivity contribution in [1.29, 1.82) is 0 Å². The van der Waals surface area contributed by atoms with Crippen molar-refractivity contribution in [2.75, 3.05) is 0 Å². The van der Waals surface area contributed by atoms with Crippen LogP contribution in [0.1, 0.15) is 40.0 Å². The van der Waals surface area contributed by atoms with Crippen molar-refractivity contribution in [2.45, 2.75) is 46.1 Å². The average Bonchev–Trinajstić information content (AvgIpc) is 2.17. The summed E-state index contributed by atoms with van der Waals surface area (Å²) in [5.74, 6) is 0.845. The number of aliphatic hydroxyl groups is 1. The minimum atomic E-state index is -0.407. The third-order valence-electron chi connectivity index (χ3n) is 4.55. The minimum Gasteiger partial charge on any atom is -0.388 e. The summed E-state index contributed by atoms with van der Waals surface area (Å²) in [4.78, 5) is 11.5. The van der Waals surface area contributed by atoms with E-state index in [4.69, 9.17) is 0 Å². The van der Waals surface area contributed by atoms with Crippen molar-refractivity contribution < 1.29 is 9.90 Å². The second-order valence-corrected chi connectivity index (χ2v) is 5.55. The molecule has 1 saturated carbocycles. The fourth-order valence-corrected chi connectivity index (χ4v) is 3.01. The summed E-state index contributed by atoms with van der Waals surface area (Å²) in [6.45, 7) is 6.40. The van der Waals surface area contributed by atoms with Crippen molar-refractivity contribution >= 4 is 5.78 Å². The van der Waals surface area contributed by atoms with Crippen molar-refractivity contribution in [3.05, 3.63) is 11.6 Å². The van der Waals surface area contributed by atoms with Crippen LogP contribution in [-0.4, -0.2) is 17.0 Å². The highest BCUT2D eigenvalue weighted by Crippen LogP contribution is 2.51. The molecule has 0 radical (unpaired) electrons. The molecule has 2 unspecified atom stereocenters. The second-order valence-electron chi connectivity index (χ2n) is 5.55. The standard InChI is InChI=1S/C13H20O2/c1-8-4-5-13(3)9(2)6-10(14)7-11(13)12(8)15/h7-9,12,15H,4-6H2,1-3H3/t8?,9-,12?,13+/m1/s1. The summed E-state index contributed by atoms with van der Waals surface area (Å²) in [7, 11) is 0. The van der Waals surface area contributed by atoms with E-state index in [1.54, 1.807) is 6.08 Å². The molecule has 0 saturated heterocycles. The van der Waals surface area contributed by atoms with Gasteiger partial charge in [0.15, 0.2) is 5.78 Å². The van der Waals surface area contributed by atoms with E-state index in [9.17, 15) is 9.90 Å². The van der Waals surface area contributed by atoms with Crippen LogP contribution in [0.25, 0.3) is 0 Å². The highest BCUT2D eigenvalue weighted by Gasteiger charge is 2.46. The maximum absolute atomic E-state index is 11.5. The molecule has 2 nitrogen and oxygen atoms in total. The molecule has 0 aromatic rings. The molecule has 0 heterocycles. The number of aliphatic hydroxyl groups excluding tert-OH is 1. The first-order valence-electron chi connectivity index (χ1n) is 5.88. The summed E-state index contributed by atoms with van der Waals surface area (Å²) < 4.78 is 0. The maximum Gasteiger partial charge on any atom is 0.156 e. The van der Waals surface area contributed by atoms with Crippen LogP contribution in [0.15, 0.2) is 11.6 Å². The number of allylic oxidation sites excluding steroid dienone is 1. The molecule has 0 spiro atoms. The second kappa shape index (κ2) is 3.44. The number of fused-ring (bicyclic) bond motifs is 1. The smallest absolute Gasteiger partial charge is 0.156 e. The lowest BCUT2D eigenvalue weighted by Gasteiger charge is -2.47. The van der Waals surface area contributed by atoms with Gasteiger partial charge in [-0.15, -0.1) is 0 Å². The van der Waals surface area contributed by atoms with E-state index in [0.717, 1.165) is 18.4 Å². The van der Waals surface area contributed by atoms with Crippen LogP contribution in [-0.2, 0) is 4.79 Å². The summed E-state index contributed by atoms with van der Waals surface area (Å²) in [5, 5.41) is 10.2. The van der Waals surface area contributed by atoms with Gasteiger partial charge in [-0.1, -0.05) is 20.8 Å². The van der Waals surface area contributed by atoms with Crippen LogP contribution in [0.2, 0.25) is 0 Å². The zero-order valence-corrected chi connectivity index (χ0v) is 9.79. The Balaban J connectivity index is 2.41. The largest absolute Gasteiger partial charge is 0.388 e. The first kappa shape index (κ1) is 10.9. The highest BCUT2D eigenvalue weighted by atomic mass is 16.3. The Morgan fingerprint density at radius 1 is 1.47 bits per heavy atom. The molecule has 2 heteroatoms. The summed E-state index contributed by atoms with van der Waals surface area (Å²) in [5.41, 5.74) is 1.05. The van der Waals surface area contributed by atoms with Crippen LogP contribution in [0, 0.1) is 17.3 Å². The molecule has 1 fully saturated rings. The Bertz CT molecular complexity index is 318. The van der Waals surface area contributed by atoms with Gasteiger partial charge in [0.2, 0.25) is 0 Å². The van der Waals surface area contributed by atoms with Gasteiger partial charge in [-0.3, -0.25) is 4.79 Å². The van der Waals surface area contributed by atoms with Gasteiger partial charge in [-0.25, -0.2) is 0 Å². The molecule has 2 rings (SSSR count). The Morgan fingerprint density at radius 2 is 2.13 bits per heavy atom. The predicted octanol–water partition coefficient (Wildman–Crippen LogP) is 2.32. The molecule has 0 aliphatic heterocycles. The molecule has 1 N–H and O–H groups in total. The Morgan fingerprint density at radius 3 is 2.80 bits per heavy atom. The Labute approximate surface area is 91.4 Å². The molecular weight excluding hydrogens is 188 g/mol. The topological polar surface area (TPSA) is 37.3 Å². The van der Waals surface area contributed by atoms with E-state index in [1.165, 1.54) is 0 Å². The molecule has 2 aliphatic carbocycles. The first-order chi connectivity index (χ1) is 6.95. The SMILES string of the molecule is CC1CC[C@]2(C)C(=CC(=O)C[C@H]2C)C1O. The number of ketones is 1. The fraction of sp³-hybridized carbons (Fsp3) is 0.769. The van der Waals surface area contributed by atoms with Crippen LogP contribution < -0.4 is 0 Å². The van der Waals surface area contributed by atoms with Crippen molar-refractivity contribution in [1.82, 2.24) is 0 Å². The van der Waals surface area contributed by atoms with E-state index >= 15 is 0 Å². The number of rotatable bonds is 0. The van der Waals surface area contributed by atoms with Crippen molar-refractivity contribution in [3.63, 3.8) is 0 Å². The van der Waals surface area contributed by atoms with Gasteiger partial charge in [-0.05, 0) is 41.7 Å². The molecule has 84 valence electrons. The zero-order valence-electron chi connectivity index (χ0n) is 9.79. The van der Waals surface area contributed by atoms with Gasteiger partial charge in [-0.2, -0.15) is 0 Å². The normalized spacial score (nSPS) is 46.0. The molecule has 2 aliphatic rings. The molecule has 0 bridgehead atoms. The third kappa shape index (κ3) is 1.55. The molecular formula is C13H20O2. The van der Waals surface area contributed by atoms with Gasteiger partial charge in [0, 0.05) is 6.42 Å². The third-order valence-corrected chi connectivity index (χ3v) is 4.55. The minimum absolute atomic E-state index is 0.0554. The highest BCUT2D eigenvalue weighted by molar-refractivity contribution is 5.92. The average molecular weight is 208 g/mol. The molecule has 0 aromatic heterocycles. The van der Waals surface area contributed by atoms with Crippen LogP contribution >= 0.6 is 0 Å². The lowest BCUT2D eigenvalue weighted by atomic mass is 9.58. The van der Waals surface area contributed by atoms with Gasteiger partial charge >= 0.3 is 0 Å². The van der Waals surface area contributed by atoms with Crippen LogP contribution in [0.5, 0.6) is 0 Å². The molecule has 15 heavy (non-hydrogen) atoms. The molecule has 0 amide bonds. The van der Waals surface area contributed by atoms with Crippen LogP contribution in [0.4, 0.5) is 0 Å². The first-order valence-corrected chi connectivity index (χ1v) is 5.88. The van der Waals surface area contributed by atoms with E-state index in [-0.39, 0.29) is 11.2 Å². The Hall–Kier alpha value is -0.630. The zero-order chi connectivity index (χ0) is 11.2. The lowest BCUT2D eigenvalue weighted by molar-refractivity contribution is -0.117. The van der Waals surface area contributed by atoms with E-state index in [2.05, 4.69) is 20.8 Å². The predicted molar refractivity (Wildman–Crippen MR) is 59.4 cm³/mol. The summed E-state index contributed by atoms with van der Waals surface area (Å²) >= 11 is 0. The van der Waals surface area contributed by atoms with Crippen molar-refractivity contribution in [2.24, 2.45) is 17.3 Å². The van der Waals surface area contributed by atoms with E-state index < -0.39 is 6.10 Å². The summed E-state index contributed by atoms with van der Waals surface area (Å²) in [6, 6.07) is 0. The van der Waals surface area contributed by atoms with Gasteiger partial charge in [0.1, 0.15) is 0 Å². The molecule has 0 aromatic carbocycles. The summed E-state index contributed by atoms with van der Waals surface area (Å²) in [6.07, 6.45) is 4.11. The fourth-order valence-electron chi connectivity index (χ4n) is 3.01. The number of carbonyl (C=O) groups excluding carboxylic acids is 1. The number of carbonyl (C=O) groups is 1. The monoisotopic (exact) mass is 208 g/mol. The number of hydrogen-bond acceptors (Lipinski definition) is 2. The van der Waals surface area contributed by atoms with Crippen LogP contribution in [0.3, 0.4) is 0 Å². The molecule has 4 atom stereocenters.